The molecule has 1 aliphatic heterocycles. The quantitative estimate of drug-likeness (QED) is 0.715. The number of nitriles is 1. The van der Waals surface area contributed by atoms with E-state index in [2.05, 4.69) is 17.9 Å². The maximum absolute atomic E-state index is 8.74. The molecule has 0 atom stereocenters. The number of rotatable bonds is 7. The summed E-state index contributed by atoms with van der Waals surface area (Å²) in [7, 11) is 0. The number of nitrogens with zero attached hydrogens (tertiary/aromatic N) is 2. The highest BCUT2D eigenvalue weighted by Crippen LogP contribution is 2.21. The van der Waals surface area contributed by atoms with Gasteiger partial charge in [-0.1, -0.05) is 19.8 Å². The van der Waals surface area contributed by atoms with Gasteiger partial charge >= 0.3 is 0 Å². The van der Waals surface area contributed by atoms with Gasteiger partial charge in [-0.2, -0.15) is 5.26 Å². The molecule has 1 fully saturated rings. The Bertz CT molecular complexity index is 441. The monoisotopic (exact) mass is 286 g/mol. The number of likely N-dealkylation sites (tertiary alicyclic amines) is 1. The Balaban J connectivity index is 1.59. The van der Waals surface area contributed by atoms with Crippen LogP contribution in [0, 0.1) is 17.2 Å². The van der Waals surface area contributed by atoms with E-state index >= 15 is 0 Å². The lowest BCUT2D eigenvalue weighted by molar-refractivity contribution is 0.166. The van der Waals surface area contributed by atoms with Gasteiger partial charge < -0.3 is 9.64 Å². The van der Waals surface area contributed by atoms with E-state index in [1.54, 1.807) is 12.1 Å². The van der Waals surface area contributed by atoms with Crippen LogP contribution in [0.4, 0.5) is 0 Å². The summed E-state index contributed by atoms with van der Waals surface area (Å²) in [5.74, 6) is 1.82. The highest BCUT2D eigenvalue weighted by Gasteiger charge is 2.17. The van der Waals surface area contributed by atoms with E-state index < -0.39 is 0 Å². The molecular formula is C18H26N2O. The molecule has 114 valence electrons. The SMILES string of the molecule is CCCC1CCN(CCCOc2ccc(C#N)cc2)CC1. The van der Waals surface area contributed by atoms with Gasteiger partial charge in [-0.15, -0.1) is 0 Å². The second kappa shape index (κ2) is 8.69. The molecule has 0 spiro atoms. The fraction of sp³-hybridized carbons (Fsp3) is 0.611. The third-order valence-electron chi connectivity index (χ3n) is 4.27. The van der Waals surface area contributed by atoms with Crippen LogP contribution in [-0.4, -0.2) is 31.1 Å². The molecule has 21 heavy (non-hydrogen) atoms. The molecule has 0 radical (unpaired) electrons. The molecule has 0 N–H and O–H groups in total. The maximum Gasteiger partial charge on any atom is 0.119 e. The average molecular weight is 286 g/mol. The van der Waals surface area contributed by atoms with Crippen molar-refractivity contribution >= 4 is 0 Å². The lowest BCUT2D eigenvalue weighted by Gasteiger charge is -2.31. The molecule has 3 heteroatoms. The zero-order chi connectivity index (χ0) is 14.9. The number of benzene rings is 1. The zero-order valence-electron chi connectivity index (χ0n) is 13.1. The van der Waals surface area contributed by atoms with Crippen molar-refractivity contribution in [2.45, 2.75) is 39.0 Å². The van der Waals surface area contributed by atoms with Gasteiger partial charge in [0, 0.05) is 6.54 Å². The van der Waals surface area contributed by atoms with Gasteiger partial charge in [0.25, 0.3) is 0 Å². The first-order chi connectivity index (χ1) is 10.3. The van der Waals surface area contributed by atoms with Crippen LogP contribution in [0.25, 0.3) is 0 Å². The molecule has 0 amide bonds. The van der Waals surface area contributed by atoms with E-state index in [1.165, 1.54) is 38.8 Å². The predicted octanol–water partition coefficient (Wildman–Crippen LogP) is 3.84. The Hall–Kier alpha value is -1.53. The summed E-state index contributed by atoms with van der Waals surface area (Å²) in [6.07, 6.45) is 6.52. The molecule has 0 unspecified atom stereocenters. The average Bonchev–Trinajstić information content (AvgIpc) is 2.54. The van der Waals surface area contributed by atoms with E-state index in [4.69, 9.17) is 10.00 Å². The van der Waals surface area contributed by atoms with Crippen molar-refractivity contribution in [2.24, 2.45) is 5.92 Å². The first-order valence-electron chi connectivity index (χ1n) is 8.17. The van der Waals surface area contributed by atoms with E-state index in [-0.39, 0.29) is 0 Å². The minimum Gasteiger partial charge on any atom is -0.494 e. The zero-order valence-corrected chi connectivity index (χ0v) is 13.1. The number of hydrogen-bond donors (Lipinski definition) is 0. The Kier molecular flexibility index (Phi) is 6.56. The van der Waals surface area contributed by atoms with Crippen LogP contribution in [0.2, 0.25) is 0 Å². The van der Waals surface area contributed by atoms with Gasteiger partial charge in [0.2, 0.25) is 0 Å². The van der Waals surface area contributed by atoms with Crippen LogP contribution in [0.15, 0.2) is 24.3 Å². The number of hydrogen-bond acceptors (Lipinski definition) is 3. The van der Waals surface area contributed by atoms with E-state index in [0.29, 0.717) is 5.56 Å². The highest BCUT2D eigenvalue weighted by molar-refractivity contribution is 5.34. The summed E-state index contributed by atoms with van der Waals surface area (Å²) in [5.41, 5.74) is 0.678. The minimum absolute atomic E-state index is 0.678. The summed E-state index contributed by atoms with van der Waals surface area (Å²) in [5, 5.41) is 8.74. The largest absolute Gasteiger partial charge is 0.494 e. The molecule has 1 heterocycles. The van der Waals surface area contributed by atoms with Crippen molar-refractivity contribution in [2.75, 3.05) is 26.2 Å². The van der Waals surface area contributed by atoms with Crippen molar-refractivity contribution in [1.29, 1.82) is 5.26 Å². The second-order valence-corrected chi connectivity index (χ2v) is 5.91. The molecular weight excluding hydrogens is 260 g/mol. The smallest absolute Gasteiger partial charge is 0.119 e. The molecule has 2 rings (SSSR count). The molecule has 0 saturated carbocycles. The summed E-state index contributed by atoms with van der Waals surface area (Å²) in [6.45, 7) is 6.67. The van der Waals surface area contributed by atoms with Crippen molar-refractivity contribution in [3.05, 3.63) is 29.8 Å². The second-order valence-electron chi connectivity index (χ2n) is 5.91. The van der Waals surface area contributed by atoms with Gasteiger partial charge in [0.15, 0.2) is 0 Å². The van der Waals surface area contributed by atoms with Gasteiger partial charge in [-0.05, 0) is 62.5 Å². The predicted molar refractivity (Wildman–Crippen MR) is 85.3 cm³/mol. The molecule has 1 aliphatic rings. The van der Waals surface area contributed by atoms with Crippen molar-refractivity contribution < 1.29 is 4.74 Å². The van der Waals surface area contributed by atoms with Crippen LogP contribution in [-0.2, 0) is 0 Å². The Morgan fingerprint density at radius 1 is 1.24 bits per heavy atom. The van der Waals surface area contributed by atoms with E-state index in [1.807, 2.05) is 12.1 Å². The first kappa shape index (κ1) is 15.9. The number of piperidine rings is 1. The van der Waals surface area contributed by atoms with Crippen molar-refractivity contribution in [3.63, 3.8) is 0 Å². The van der Waals surface area contributed by atoms with Gasteiger partial charge in [-0.3, -0.25) is 0 Å². The van der Waals surface area contributed by atoms with Crippen LogP contribution < -0.4 is 4.74 Å². The Labute approximate surface area is 128 Å². The Morgan fingerprint density at radius 3 is 2.57 bits per heavy atom. The molecule has 1 saturated heterocycles. The maximum atomic E-state index is 8.74. The minimum atomic E-state index is 0.678. The molecule has 1 aromatic carbocycles. The highest BCUT2D eigenvalue weighted by atomic mass is 16.5. The van der Waals surface area contributed by atoms with Crippen molar-refractivity contribution in [1.82, 2.24) is 4.90 Å². The van der Waals surface area contributed by atoms with E-state index in [9.17, 15) is 0 Å². The lowest BCUT2D eigenvalue weighted by Crippen LogP contribution is -2.34. The fourth-order valence-electron chi connectivity index (χ4n) is 3.01. The molecule has 3 nitrogen and oxygen atoms in total. The topological polar surface area (TPSA) is 36.3 Å². The summed E-state index contributed by atoms with van der Waals surface area (Å²) >= 11 is 0. The summed E-state index contributed by atoms with van der Waals surface area (Å²) < 4.78 is 5.72. The van der Waals surface area contributed by atoms with Crippen LogP contribution in [0.3, 0.4) is 0 Å². The van der Waals surface area contributed by atoms with Gasteiger partial charge in [-0.25, -0.2) is 0 Å². The summed E-state index contributed by atoms with van der Waals surface area (Å²) in [4.78, 5) is 2.56. The van der Waals surface area contributed by atoms with E-state index in [0.717, 1.165) is 31.2 Å². The van der Waals surface area contributed by atoms with Crippen LogP contribution in [0.1, 0.15) is 44.6 Å². The fourth-order valence-corrected chi connectivity index (χ4v) is 3.01. The van der Waals surface area contributed by atoms with Crippen LogP contribution in [0.5, 0.6) is 5.75 Å². The Morgan fingerprint density at radius 2 is 1.95 bits per heavy atom. The normalized spacial score (nSPS) is 16.6. The third kappa shape index (κ3) is 5.40. The standard InChI is InChI=1S/C18H26N2O/c1-2-4-16-9-12-20(13-10-16)11-3-14-21-18-7-5-17(15-19)6-8-18/h5-8,16H,2-4,9-14H2,1H3. The van der Waals surface area contributed by atoms with Crippen molar-refractivity contribution in [3.8, 4) is 11.8 Å². The first-order valence-corrected chi connectivity index (χ1v) is 8.17. The molecule has 0 aromatic heterocycles. The number of ether oxygens (including phenoxy) is 1. The molecule has 0 bridgehead atoms. The third-order valence-corrected chi connectivity index (χ3v) is 4.27. The lowest BCUT2D eigenvalue weighted by atomic mass is 9.92. The summed E-state index contributed by atoms with van der Waals surface area (Å²) in [6, 6.07) is 9.45. The molecule has 0 aliphatic carbocycles. The van der Waals surface area contributed by atoms with Gasteiger partial charge in [0.05, 0.1) is 18.2 Å². The van der Waals surface area contributed by atoms with Gasteiger partial charge in [0.1, 0.15) is 5.75 Å². The molecule has 1 aromatic rings. The van der Waals surface area contributed by atoms with Crippen LogP contribution >= 0.6 is 0 Å².